The monoisotopic (exact) mass is 549 g/mol. The van der Waals surface area contributed by atoms with Crippen LogP contribution in [0.2, 0.25) is 10.0 Å². The van der Waals surface area contributed by atoms with Gasteiger partial charge in [-0.05, 0) is 17.7 Å². The molecule has 3 heterocycles. The lowest BCUT2D eigenvalue weighted by molar-refractivity contribution is -0.127. The quantitative estimate of drug-likeness (QED) is 0.209. The van der Waals surface area contributed by atoms with E-state index in [1.54, 1.807) is 12.1 Å². The van der Waals surface area contributed by atoms with Crippen LogP contribution < -0.4 is 11.2 Å². The maximum atomic E-state index is 13.2. The minimum absolute atomic E-state index is 0.0448. The number of aromatic nitrogens is 2. The van der Waals surface area contributed by atoms with Gasteiger partial charge in [-0.25, -0.2) is 9.36 Å². The predicted molar refractivity (Wildman–Crippen MR) is 120 cm³/mol. The van der Waals surface area contributed by atoms with Gasteiger partial charge in [0.15, 0.2) is 6.23 Å². The van der Waals surface area contributed by atoms with Crippen molar-refractivity contribution in [2.45, 2.75) is 36.7 Å². The Kier molecular flexibility index (Phi) is 7.41. The Morgan fingerprint density at radius 1 is 1.34 bits per heavy atom. The number of ether oxygens (including phenoxy) is 1. The van der Waals surface area contributed by atoms with Crippen molar-refractivity contribution in [3.05, 3.63) is 77.4 Å². The number of benzene rings is 1. The van der Waals surface area contributed by atoms with Crippen LogP contribution in [-0.4, -0.2) is 50.9 Å². The van der Waals surface area contributed by atoms with Crippen molar-refractivity contribution in [3.8, 4) is 0 Å². The molecular weight excluding hydrogens is 532 g/mol. The SMILES string of the molecule is [N-]=[N+]=N[C@]1(COP2(=O)OCC[C@@H](c3ccc(Cl)cc3Cl)O2)O[C@@H](n2ccc(=O)[nH]c2=O)[C@H](O)[C@@H]1O. The zero-order chi connectivity index (χ0) is 25.4. The van der Waals surface area contributed by atoms with Crippen LogP contribution in [-0.2, 0) is 22.9 Å². The van der Waals surface area contributed by atoms with E-state index in [2.05, 4.69) is 10.0 Å². The molecule has 2 aromatic rings. The fourth-order valence-electron chi connectivity index (χ4n) is 3.65. The molecule has 0 saturated carbocycles. The maximum absolute atomic E-state index is 13.2. The van der Waals surface area contributed by atoms with Gasteiger partial charge in [0.2, 0.25) is 5.72 Å². The van der Waals surface area contributed by atoms with E-state index in [-0.39, 0.29) is 18.1 Å². The van der Waals surface area contributed by atoms with Gasteiger partial charge in [-0.2, -0.15) is 0 Å². The highest BCUT2D eigenvalue weighted by molar-refractivity contribution is 7.48. The molecule has 1 unspecified atom stereocenters. The number of phosphoric ester groups is 1. The van der Waals surface area contributed by atoms with Gasteiger partial charge in [0, 0.05) is 39.2 Å². The lowest BCUT2D eigenvalue weighted by Gasteiger charge is -2.32. The minimum atomic E-state index is -4.30. The molecule has 0 amide bonds. The van der Waals surface area contributed by atoms with Crippen LogP contribution in [0.3, 0.4) is 0 Å². The Morgan fingerprint density at radius 2 is 2.11 bits per heavy atom. The molecule has 2 fully saturated rings. The van der Waals surface area contributed by atoms with E-state index in [1.807, 2.05) is 4.98 Å². The molecule has 35 heavy (non-hydrogen) atoms. The van der Waals surface area contributed by atoms with Crippen molar-refractivity contribution in [1.82, 2.24) is 9.55 Å². The lowest BCUT2D eigenvalue weighted by Crippen LogP contribution is -2.45. The molecule has 0 radical (unpaired) electrons. The number of nitrogens with one attached hydrogen (secondary N) is 1. The van der Waals surface area contributed by atoms with E-state index in [1.165, 1.54) is 6.07 Å². The Hall–Kier alpha value is -2.22. The first-order chi connectivity index (χ1) is 16.6. The molecule has 2 aliphatic rings. The molecule has 17 heteroatoms. The summed E-state index contributed by atoms with van der Waals surface area (Å²) in [6.07, 6.45) is -4.81. The number of nitrogens with zero attached hydrogens (tertiary/aromatic N) is 4. The van der Waals surface area contributed by atoms with Gasteiger partial charge in [0.05, 0.1) is 19.3 Å². The number of hydrogen-bond acceptors (Lipinski definition) is 10. The summed E-state index contributed by atoms with van der Waals surface area (Å²) < 4.78 is 35.5. The van der Waals surface area contributed by atoms with Gasteiger partial charge >= 0.3 is 13.5 Å². The number of azide groups is 1. The summed E-state index contributed by atoms with van der Waals surface area (Å²) in [6.45, 7) is -0.931. The van der Waals surface area contributed by atoms with E-state index in [4.69, 9.17) is 47.0 Å². The molecular formula is C18H18Cl2N5O9P. The van der Waals surface area contributed by atoms with E-state index in [0.717, 1.165) is 16.8 Å². The molecule has 2 saturated heterocycles. The first kappa shape index (κ1) is 25.9. The second-order valence-electron chi connectivity index (χ2n) is 7.60. The fourth-order valence-corrected chi connectivity index (χ4v) is 5.58. The molecule has 2 aliphatic heterocycles. The normalized spacial score (nSPS) is 32.8. The smallest absolute Gasteiger partial charge is 0.387 e. The number of aliphatic hydroxyl groups is 2. The van der Waals surface area contributed by atoms with Crippen LogP contribution in [0, 0.1) is 0 Å². The van der Waals surface area contributed by atoms with Gasteiger partial charge in [-0.3, -0.25) is 27.9 Å². The number of H-pyrrole nitrogens is 1. The lowest BCUT2D eigenvalue weighted by atomic mass is 10.1. The third-order valence-electron chi connectivity index (χ3n) is 5.37. The van der Waals surface area contributed by atoms with E-state index in [0.29, 0.717) is 10.6 Å². The first-order valence-corrected chi connectivity index (χ1v) is 12.2. The molecule has 14 nitrogen and oxygen atoms in total. The summed E-state index contributed by atoms with van der Waals surface area (Å²) in [4.78, 5) is 28.0. The average Bonchev–Trinajstić information content (AvgIpc) is 3.04. The number of aromatic amines is 1. The Morgan fingerprint density at radius 3 is 2.80 bits per heavy atom. The van der Waals surface area contributed by atoms with Crippen LogP contribution in [0.25, 0.3) is 10.4 Å². The van der Waals surface area contributed by atoms with Gasteiger partial charge in [0.1, 0.15) is 12.2 Å². The average molecular weight is 550 g/mol. The van der Waals surface area contributed by atoms with E-state index < -0.39 is 55.9 Å². The number of aliphatic hydroxyl groups excluding tert-OH is 2. The van der Waals surface area contributed by atoms with Crippen LogP contribution in [0.15, 0.2) is 45.2 Å². The molecule has 3 N–H and O–H groups in total. The zero-order valence-corrected chi connectivity index (χ0v) is 20.0. The Labute approximate surface area is 206 Å². The molecule has 0 bridgehead atoms. The topological polar surface area (TPSA) is 198 Å². The molecule has 1 aromatic carbocycles. The van der Waals surface area contributed by atoms with Gasteiger partial charge in [-0.15, -0.1) is 0 Å². The van der Waals surface area contributed by atoms with E-state index in [9.17, 15) is 24.4 Å². The summed E-state index contributed by atoms with van der Waals surface area (Å²) in [5.41, 5.74) is 5.54. The van der Waals surface area contributed by atoms with Crippen molar-refractivity contribution < 1.29 is 33.1 Å². The highest BCUT2D eigenvalue weighted by Crippen LogP contribution is 2.58. The largest absolute Gasteiger partial charge is 0.475 e. The highest BCUT2D eigenvalue weighted by Gasteiger charge is 2.56. The zero-order valence-electron chi connectivity index (χ0n) is 17.6. The highest BCUT2D eigenvalue weighted by atomic mass is 35.5. The van der Waals surface area contributed by atoms with Gasteiger partial charge in [0.25, 0.3) is 5.56 Å². The molecule has 188 valence electrons. The van der Waals surface area contributed by atoms with Crippen molar-refractivity contribution in [2.75, 3.05) is 13.2 Å². The summed E-state index contributed by atoms with van der Waals surface area (Å²) in [5, 5.41) is 25.2. The molecule has 4 rings (SSSR count). The van der Waals surface area contributed by atoms with Crippen LogP contribution in [0.4, 0.5) is 0 Å². The van der Waals surface area contributed by atoms with Crippen LogP contribution in [0.5, 0.6) is 0 Å². The second-order valence-corrected chi connectivity index (χ2v) is 10.1. The predicted octanol–water partition coefficient (Wildman–Crippen LogP) is 2.40. The van der Waals surface area contributed by atoms with Crippen molar-refractivity contribution in [3.63, 3.8) is 0 Å². The number of halogens is 2. The third-order valence-corrected chi connectivity index (χ3v) is 7.39. The molecule has 0 spiro atoms. The maximum Gasteiger partial charge on any atom is 0.475 e. The summed E-state index contributed by atoms with van der Waals surface area (Å²) in [6, 6.07) is 5.65. The van der Waals surface area contributed by atoms with Gasteiger partial charge < -0.3 is 14.9 Å². The number of phosphoric acid groups is 1. The second kappa shape index (κ2) is 10.0. The Bertz CT molecular complexity index is 1330. The number of hydrogen-bond donors (Lipinski definition) is 3. The van der Waals surface area contributed by atoms with Crippen molar-refractivity contribution >= 4 is 31.0 Å². The summed E-state index contributed by atoms with van der Waals surface area (Å²) in [5.74, 6) is 0. The summed E-state index contributed by atoms with van der Waals surface area (Å²) in [7, 11) is -4.30. The number of rotatable bonds is 6. The first-order valence-electron chi connectivity index (χ1n) is 10.0. The van der Waals surface area contributed by atoms with Gasteiger partial charge in [-0.1, -0.05) is 34.4 Å². The molecule has 1 aromatic heterocycles. The Balaban J connectivity index is 1.56. The van der Waals surface area contributed by atoms with Crippen molar-refractivity contribution in [1.29, 1.82) is 0 Å². The summed E-state index contributed by atoms with van der Waals surface area (Å²) >= 11 is 12.1. The molecule has 6 atom stereocenters. The van der Waals surface area contributed by atoms with Crippen LogP contribution >= 0.6 is 31.0 Å². The minimum Gasteiger partial charge on any atom is -0.387 e. The standard InChI is InChI=1S/C18H18Cl2N5O9P/c19-9-1-2-10(11(20)7-9)12-4-6-31-35(30,34-12)32-8-18(23-24-21)15(28)14(27)16(33-18)25-5-3-13(26)22-17(25)29/h1-3,5,7,12,14-16,27-28H,4,6,8H2,(H,22,26,29)/t12-,14+,15-,16+,18+,35?/m0/s1. The van der Waals surface area contributed by atoms with Crippen molar-refractivity contribution in [2.24, 2.45) is 5.11 Å². The van der Waals surface area contributed by atoms with Crippen LogP contribution in [0.1, 0.15) is 24.3 Å². The van der Waals surface area contributed by atoms with E-state index >= 15 is 0 Å². The molecule has 0 aliphatic carbocycles. The fraction of sp³-hybridized carbons (Fsp3) is 0.444. The third kappa shape index (κ3) is 5.18.